The summed E-state index contributed by atoms with van der Waals surface area (Å²) in [7, 11) is 0. The summed E-state index contributed by atoms with van der Waals surface area (Å²) in [6, 6.07) is 3.98. The number of amides is 2. The first kappa shape index (κ1) is 8.99. The van der Waals surface area contributed by atoms with Gasteiger partial charge in [0, 0.05) is 12.2 Å². The van der Waals surface area contributed by atoms with Gasteiger partial charge in [0.15, 0.2) is 0 Å². The molecular weight excluding hydrogens is 178 g/mol. The van der Waals surface area contributed by atoms with Gasteiger partial charge in [-0.1, -0.05) is 6.07 Å². The van der Waals surface area contributed by atoms with E-state index in [1.54, 1.807) is 6.20 Å². The van der Waals surface area contributed by atoms with Crippen LogP contribution in [0.25, 0.3) is 0 Å². The summed E-state index contributed by atoms with van der Waals surface area (Å²) in [6.45, 7) is 1.92. The lowest BCUT2D eigenvalue weighted by Gasteiger charge is -2.07. The highest BCUT2D eigenvalue weighted by molar-refractivity contribution is 5.89. The van der Waals surface area contributed by atoms with Gasteiger partial charge in [-0.15, -0.1) is 0 Å². The molecule has 1 aromatic heterocycles. The zero-order chi connectivity index (χ0) is 9.97. The number of carbonyl (C=O) groups excluding carboxylic acids is 1. The summed E-state index contributed by atoms with van der Waals surface area (Å²) in [5, 5.41) is 5.56. The van der Waals surface area contributed by atoms with E-state index < -0.39 is 0 Å². The summed E-state index contributed by atoms with van der Waals surface area (Å²) in [5.74, 6) is 0.630. The largest absolute Gasteiger partial charge is 0.335 e. The van der Waals surface area contributed by atoms with Gasteiger partial charge in [-0.25, -0.2) is 9.78 Å². The van der Waals surface area contributed by atoms with E-state index in [2.05, 4.69) is 15.6 Å². The Morgan fingerprint density at radius 3 is 3.00 bits per heavy atom. The van der Waals surface area contributed by atoms with Gasteiger partial charge in [0.05, 0.1) is 0 Å². The normalized spacial score (nSPS) is 14.9. The number of nitrogens with one attached hydrogen (secondary N) is 2. The Bertz CT molecular complexity index is 347. The standard InChI is InChI=1S/C10H13N3O/c1-7-3-2-6-11-9(7)13-10(14)12-8-4-5-8/h2-3,6,8H,4-5H2,1H3,(H2,11,12,13,14). The Morgan fingerprint density at radius 1 is 1.57 bits per heavy atom. The number of nitrogens with zero attached hydrogens (tertiary/aromatic N) is 1. The van der Waals surface area contributed by atoms with Crippen LogP contribution in [0.2, 0.25) is 0 Å². The highest BCUT2D eigenvalue weighted by Gasteiger charge is 2.23. The SMILES string of the molecule is Cc1cccnc1NC(=O)NC1CC1. The summed E-state index contributed by atoms with van der Waals surface area (Å²) < 4.78 is 0. The van der Waals surface area contributed by atoms with Crippen LogP contribution in [0.1, 0.15) is 18.4 Å². The highest BCUT2D eigenvalue weighted by Crippen LogP contribution is 2.18. The van der Waals surface area contributed by atoms with E-state index in [-0.39, 0.29) is 6.03 Å². The van der Waals surface area contributed by atoms with Gasteiger partial charge in [0.1, 0.15) is 5.82 Å². The number of hydrogen-bond donors (Lipinski definition) is 2. The van der Waals surface area contributed by atoms with Crippen LogP contribution in [0.3, 0.4) is 0 Å². The van der Waals surface area contributed by atoms with E-state index in [9.17, 15) is 4.79 Å². The smallest absolute Gasteiger partial charge is 0.320 e. The van der Waals surface area contributed by atoms with E-state index in [1.807, 2.05) is 19.1 Å². The maximum atomic E-state index is 11.4. The average molecular weight is 191 g/mol. The molecule has 1 heterocycles. The Labute approximate surface area is 82.7 Å². The van der Waals surface area contributed by atoms with Crippen molar-refractivity contribution in [3.8, 4) is 0 Å². The van der Waals surface area contributed by atoms with E-state index in [1.165, 1.54) is 0 Å². The van der Waals surface area contributed by atoms with Crippen molar-refractivity contribution in [2.24, 2.45) is 0 Å². The van der Waals surface area contributed by atoms with Crippen molar-refractivity contribution in [2.45, 2.75) is 25.8 Å². The Morgan fingerprint density at radius 2 is 2.36 bits per heavy atom. The first-order chi connectivity index (χ1) is 6.75. The van der Waals surface area contributed by atoms with Crippen molar-refractivity contribution >= 4 is 11.8 Å². The third-order valence-corrected chi connectivity index (χ3v) is 2.15. The summed E-state index contributed by atoms with van der Waals surface area (Å²) in [4.78, 5) is 15.4. The first-order valence-corrected chi connectivity index (χ1v) is 4.75. The minimum atomic E-state index is -0.158. The molecule has 0 spiro atoms. The minimum Gasteiger partial charge on any atom is -0.335 e. The zero-order valence-electron chi connectivity index (χ0n) is 8.08. The van der Waals surface area contributed by atoms with Gasteiger partial charge in [-0.2, -0.15) is 0 Å². The number of anilines is 1. The van der Waals surface area contributed by atoms with Crippen molar-refractivity contribution < 1.29 is 4.79 Å². The number of hydrogen-bond acceptors (Lipinski definition) is 2. The predicted molar refractivity (Wildman–Crippen MR) is 54.2 cm³/mol. The quantitative estimate of drug-likeness (QED) is 0.747. The van der Waals surface area contributed by atoms with Crippen LogP contribution in [-0.2, 0) is 0 Å². The Kier molecular flexibility index (Phi) is 2.35. The van der Waals surface area contributed by atoms with Crippen LogP contribution in [-0.4, -0.2) is 17.1 Å². The number of urea groups is 1. The molecular formula is C10H13N3O. The van der Waals surface area contributed by atoms with Crippen LogP contribution < -0.4 is 10.6 Å². The number of aryl methyl sites for hydroxylation is 1. The molecule has 2 N–H and O–H groups in total. The molecule has 0 aliphatic heterocycles. The molecule has 2 rings (SSSR count). The predicted octanol–water partition coefficient (Wildman–Crippen LogP) is 1.67. The van der Waals surface area contributed by atoms with E-state index in [0.29, 0.717) is 11.9 Å². The van der Waals surface area contributed by atoms with Gasteiger partial charge < -0.3 is 5.32 Å². The summed E-state index contributed by atoms with van der Waals surface area (Å²) in [6.07, 6.45) is 3.85. The molecule has 0 bridgehead atoms. The van der Waals surface area contributed by atoms with Crippen molar-refractivity contribution in [3.63, 3.8) is 0 Å². The van der Waals surface area contributed by atoms with Gasteiger partial charge in [-0.05, 0) is 31.4 Å². The maximum absolute atomic E-state index is 11.4. The molecule has 4 nitrogen and oxygen atoms in total. The molecule has 1 fully saturated rings. The molecule has 1 saturated carbocycles. The Hall–Kier alpha value is -1.58. The molecule has 0 aromatic carbocycles. The van der Waals surface area contributed by atoms with Crippen LogP contribution in [0.5, 0.6) is 0 Å². The zero-order valence-corrected chi connectivity index (χ0v) is 8.08. The molecule has 1 aliphatic carbocycles. The second kappa shape index (κ2) is 3.65. The summed E-state index contributed by atoms with van der Waals surface area (Å²) >= 11 is 0. The first-order valence-electron chi connectivity index (χ1n) is 4.75. The van der Waals surface area contributed by atoms with E-state index >= 15 is 0 Å². The molecule has 1 aromatic rings. The third-order valence-electron chi connectivity index (χ3n) is 2.15. The molecule has 0 atom stereocenters. The van der Waals surface area contributed by atoms with Crippen molar-refractivity contribution in [3.05, 3.63) is 23.9 Å². The lowest BCUT2D eigenvalue weighted by molar-refractivity contribution is 0.251. The van der Waals surface area contributed by atoms with E-state index in [4.69, 9.17) is 0 Å². The average Bonchev–Trinajstić information content (AvgIpc) is 2.93. The lowest BCUT2D eigenvalue weighted by atomic mass is 10.3. The molecule has 0 radical (unpaired) electrons. The third kappa shape index (κ3) is 2.22. The number of carbonyl (C=O) groups is 1. The second-order valence-corrected chi connectivity index (χ2v) is 3.54. The fourth-order valence-corrected chi connectivity index (χ4v) is 1.17. The number of pyridine rings is 1. The molecule has 2 amide bonds. The van der Waals surface area contributed by atoms with Gasteiger partial charge in [0.25, 0.3) is 0 Å². The summed E-state index contributed by atoms with van der Waals surface area (Å²) in [5.41, 5.74) is 0.971. The molecule has 14 heavy (non-hydrogen) atoms. The molecule has 0 saturated heterocycles. The van der Waals surface area contributed by atoms with Crippen molar-refractivity contribution in [2.75, 3.05) is 5.32 Å². The van der Waals surface area contributed by atoms with Gasteiger partial charge in [-0.3, -0.25) is 5.32 Å². The van der Waals surface area contributed by atoms with Crippen LogP contribution in [0, 0.1) is 6.92 Å². The highest BCUT2D eigenvalue weighted by atomic mass is 16.2. The number of rotatable bonds is 2. The fourth-order valence-electron chi connectivity index (χ4n) is 1.17. The van der Waals surface area contributed by atoms with Crippen molar-refractivity contribution in [1.29, 1.82) is 0 Å². The molecule has 0 unspecified atom stereocenters. The number of aromatic nitrogens is 1. The monoisotopic (exact) mass is 191 g/mol. The Balaban J connectivity index is 1.95. The molecule has 74 valence electrons. The molecule has 4 heteroatoms. The van der Waals surface area contributed by atoms with Gasteiger partial charge >= 0.3 is 6.03 Å². The van der Waals surface area contributed by atoms with Crippen molar-refractivity contribution in [1.82, 2.24) is 10.3 Å². The van der Waals surface area contributed by atoms with E-state index in [0.717, 1.165) is 18.4 Å². The van der Waals surface area contributed by atoms with Crippen LogP contribution >= 0.6 is 0 Å². The topological polar surface area (TPSA) is 54.0 Å². The maximum Gasteiger partial charge on any atom is 0.320 e. The van der Waals surface area contributed by atoms with Crippen LogP contribution in [0.15, 0.2) is 18.3 Å². The fraction of sp³-hybridized carbons (Fsp3) is 0.400. The minimum absolute atomic E-state index is 0.158. The van der Waals surface area contributed by atoms with Gasteiger partial charge in [0.2, 0.25) is 0 Å². The molecule has 1 aliphatic rings. The second-order valence-electron chi connectivity index (χ2n) is 3.54. The van der Waals surface area contributed by atoms with Crippen LogP contribution in [0.4, 0.5) is 10.6 Å². The lowest BCUT2D eigenvalue weighted by Crippen LogP contribution is -2.30.